The van der Waals surface area contributed by atoms with Crippen molar-refractivity contribution < 1.29 is 19.1 Å². The van der Waals surface area contributed by atoms with Crippen LogP contribution in [-0.2, 0) is 22.6 Å². The summed E-state index contributed by atoms with van der Waals surface area (Å²) >= 11 is 0. The van der Waals surface area contributed by atoms with E-state index in [0.29, 0.717) is 57.6 Å². The molecule has 2 fully saturated rings. The molecule has 2 amide bonds. The number of carbonyl (C=O) groups is 2. The quantitative estimate of drug-likeness (QED) is 0.166. The number of rotatable bonds is 14. The maximum Gasteiger partial charge on any atom is 0.410 e. The second-order valence-corrected chi connectivity index (χ2v) is 16.0. The van der Waals surface area contributed by atoms with Crippen LogP contribution >= 0.6 is 0 Å². The largest absolute Gasteiger partial charge is 0.444 e. The number of nitrogens with one attached hydrogen (secondary N) is 3. The molecule has 0 unspecified atom stereocenters. The molecular formula is C38H60N10O4. The van der Waals surface area contributed by atoms with Crippen molar-refractivity contribution in [3.8, 4) is 0 Å². The lowest BCUT2D eigenvalue weighted by atomic mass is 9.94. The normalized spacial score (nSPS) is 16.0. The number of amides is 2. The van der Waals surface area contributed by atoms with Gasteiger partial charge < -0.3 is 35.2 Å². The first-order valence-corrected chi connectivity index (χ1v) is 19.2. The Morgan fingerprint density at radius 2 is 1.58 bits per heavy atom. The van der Waals surface area contributed by atoms with Crippen molar-refractivity contribution in [3.05, 3.63) is 36.2 Å². The van der Waals surface area contributed by atoms with Crippen LogP contribution in [0.3, 0.4) is 0 Å². The fourth-order valence-corrected chi connectivity index (χ4v) is 6.74. The SMILES string of the molecule is CC(C)(C)OC(=O)N(CCCN(C(=O)OC(C)(C)C)C1CCCCC1)CCCn1cc(CNc2nc(NC3CCNCC3)c3ccccc3n2)nn1. The van der Waals surface area contributed by atoms with Crippen molar-refractivity contribution in [3.63, 3.8) is 0 Å². The number of hydrogen-bond donors (Lipinski definition) is 3. The Hall–Kier alpha value is -4.20. The molecule has 0 radical (unpaired) electrons. The third-order valence-corrected chi connectivity index (χ3v) is 9.23. The summed E-state index contributed by atoms with van der Waals surface area (Å²) < 4.78 is 13.3. The number of hydrogen-bond acceptors (Lipinski definition) is 11. The molecular weight excluding hydrogens is 660 g/mol. The molecule has 3 heterocycles. The van der Waals surface area contributed by atoms with Crippen molar-refractivity contribution in [2.45, 2.75) is 136 Å². The van der Waals surface area contributed by atoms with Crippen LogP contribution in [0.5, 0.6) is 0 Å². The third kappa shape index (κ3) is 12.2. The molecule has 1 aliphatic heterocycles. The Kier molecular flexibility index (Phi) is 13.5. The maximum absolute atomic E-state index is 13.3. The molecule has 3 aromatic rings. The lowest BCUT2D eigenvalue weighted by Crippen LogP contribution is -2.46. The number of aromatic nitrogens is 5. The standard InChI is InChI=1S/C38H60N10O4/c1-37(2,3)51-35(49)46(23-13-25-48(30-14-8-7-9-15-30)36(50)52-38(4,5)6)22-12-24-47-27-29(44-45-47)26-40-34-42-32-17-11-10-16-31(32)33(43-34)41-28-18-20-39-21-19-28/h10-11,16-17,27-28,30,39H,7-9,12-15,18-26H2,1-6H3,(H2,40,41,42,43). The zero-order valence-corrected chi connectivity index (χ0v) is 32.1. The monoisotopic (exact) mass is 720 g/mol. The summed E-state index contributed by atoms with van der Waals surface area (Å²) in [6.07, 6.45) is 10.0. The first-order chi connectivity index (χ1) is 24.8. The molecule has 1 saturated carbocycles. The Balaban J connectivity index is 1.15. The highest BCUT2D eigenvalue weighted by Crippen LogP contribution is 2.26. The number of ether oxygens (including phenoxy) is 2. The summed E-state index contributed by atoms with van der Waals surface area (Å²) in [7, 11) is 0. The first kappa shape index (κ1) is 39.0. The Morgan fingerprint density at radius 1 is 0.885 bits per heavy atom. The van der Waals surface area contributed by atoms with Crippen LogP contribution in [0.25, 0.3) is 10.9 Å². The second-order valence-electron chi connectivity index (χ2n) is 16.0. The van der Waals surface area contributed by atoms with Gasteiger partial charge in [-0.3, -0.25) is 4.68 Å². The summed E-state index contributed by atoms with van der Waals surface area (Å²) in [4.78, 5) is 39.7. The summed E-state index contributed by atoms with van der Waals surface area (Å²) in [5.74, 6) is 1.37. The summed E-state index contributed by atoms with van der Waals surface area (Å²) in [5.41, 5.74) is 0.452. The molecule has 3 N–H and O–H groups in total. The number of anilines is 2. The molecule has 286 valence electrons. The summed E-state index contributed by atoms with van der Waals surface area (Å²) in [6, 6.07) is 8.58. The zero-order chi connectivity index (χ0) is 37.1. The smallest absolute Gasteiger partial charge is 0.410 e. The van der Waals surface area contributed by atoms with Crippen LogP contribution in [0.1, 0.15) is 105 Å². The van der Waals surface area contributed by atoms with Crippen molar-refractivity contribution in [1.29, 1.82) is 0 Å². The average molecular weight is 721 g/mol. The number of carbonyl (C=O) groups excluding carboxylic acids is 2. The molecule has 14 nitrogen and oxygen atoms in total. The van der Waals surface area contributed by atoms with E-state index in [1.165, 1.54) is 6.42 Å². The summed E-state index contributed by atoms with van der Waals surface area (Å²) in [6.45, 7) is 15.8. The lowest BCUT2D eigenvalue weighted by Gasteiger charge is -2.36. The predicted octanol–water partition coefficient (Wildman–Crippen LogP) is 6.58. The third-order valence-electron chi connectivity index (χ3n) is 9.23. The highest BCUT2D eigenvalue weighted by Gasteiger charge is 2.30. The molecule has 1 aliphatic carbocycles. The number of nitrogens with zero attached hydrogens (tertiary/aromatic N) is 7. The van der Waals surface area contributed by atoms with Crippen molar-refractivity contribution in [1.82, 2.24) is 40.1 Å². The Morgan fingerprint density at radius 3 is 2.31 bits per heavy atom. The number of benzene rings is 1. The molecule has 1 saturated heterocycles. The van der Waals surface area contributed by atoms with Crippen molar-refractivity contribution in [2.24, 2.45) is 0 Å². The van der Waals surface area contributed by atoms with Gasteiger partial charge in [0.05, 0.1) is 18.3 Å². The lowest BCUT2D eigenvalue weighted by molar-refractivity contribution is 0.00994. The van der Waals surface area contributed by atoms with Crippen molar-refractivity contribution in [2.75, 3.05) is 43.4 Å². The van der Waals surface area contributed by atoms with Crippen LogP contribution in [0.2, 0.25) is 0 Å². The van der Waals surface area contributed by atoms with Gasteiger partial charge in [0.15, 0.2) is 0 Å². The van der Waals surface area contributed by atoms with E-state index in [2.05, 4.69) is 26.3 Å². The highest BCUT2D eigenvalue weighted by molar-refractivity contribution is 5.90. The van der Waals surface area contributed by atoms with E-state index in [9.17, 15) is 9.59 Å². The fraction of sp³-hybridized carbons (Fsp3) is 0.684. The van der Waals surface area contributed by atoms with Crippen LogP contribution in [-0.4, -0.2) is 103 Å². The first-order valence-electron chi connectivity index (χ1n) is 19.2. The van der Waals surface area contributed by atoms with Gasteiger partial charge in [-0.25, -0.2) is 14.6 Å². The van der Waals surface area contributed by atoms with Gasteiger partial charge in [-0.1, -0.05) is 36.6 Å². The van der Waals surface area contributed by atoms with Gasteiger partial charge >= 0.3 is 12.2 Å². The molecule has 2 aromatic heterocycles. The van der Waals surface area contributed by atoms with Gasteiger partial charge in [0, 0.05) is 43.6 Å². The molecule has 14 heteroatoms. The van der Waals surface area contributed by atoms with Gasteiger partial charge in [-0.05, 0) is 105 Å². The molecule has 52 heavy (non-hydrogen) atoms. The van der Waals surface area contributed by atoms with E-state index in [1.54, 1.807) is 9.58 Å². The van der Waals surface area contributed by atoms with Gasteiger partial charge in [0.25, 0.3) is 0 Å². The van der Waals surface area contributed by atoms with Crippen LogP contribution in [0.15, 0.2) is 30.5 Å². The highest BCUT2D eigenvalue weighted by atomic mass is 16.6. The van der Waals surface area contributed by atoms with Crippen LogP contribution in [0, 0.1) is 0 Å². The van der Waals surface area contributed by atoms with E-state index in [-0.39, 0.29) is 18.2 Å². The number of aryl methyl sites for hydroxylation is 1. The second kappa shape index (κ2) is 18.0. The molecule has 0 atom stereocenters. The average Bonchev–Trinajstić information content (AvgIpc) is 3.55. The van der Waals surface area contributed by atoms with E-state index < -0.39 is 11.2 Å². The molecule has 0 bridgehead atoms. The molecule has 0 spiro atoms. The van der Waals surface area contributed by atoms with E-state index >= 15 is 0 Å². The number of para-hydroxylation sites is 1. The fourth-order valence-electron chi connectivity index (χ4n) is 6.74. The topological polar surface area (TPSA) is 152 Å². The Bertz CT molecular complexity index is 1590. The summed E-state index contributed by atoms with van der Waals surface area (Å²) in [5, 5.41) is 20.1. The van der Waals surface area contributed by atoms with Gasteiger partial charge in [-0.2, -0.15) is 4.98 Å². The minimum atomic E-state index is -0.618. The maximum atomic E-state index is 13.3. The Labute approximate surface area is 308 Å². The van der Waals surface area contributed by atoms with E-state index in [0.717, 1.165) is 74.0 Å². The van der Waals surface area contributed by atoms with Crippen LogP contribution < -0.4 is 16.0 Å². The van der Waals surface area contributed by atoms with E-state index in [1.807, 2.05) is 76.9 Å². The number of piperidine rings is 1. The van der Waals surface area contributed by atoms with E-state index in [4.69, 9.17) is 19.4 Å². The molecule has 2 aliphatic rings. The van der Waals surface area contributed by atoms with Gasteiger partial charge in [0.2, 0.25) is 5.95 Å². The molecule has 1 aromatic carbocycles. The minimum absolute atomic E-state index is 0.167. The minimum Gasteiger partial charge on any atom is -0.444 e. The zero-order valence-electron chi connectivity index (χ0n) is 32.1. The molecule has 5 rings (SSSR count). The van der Waals surface area contributed by atoms with Crippen LogP contribution in [0.4, 0.5) is 21.4 Å². The van der Waals surface area contributed by atoms with Gasteiger partial charge in [-0.15, -0.1) is 5.10 Å². The van der Waals surface area contributed by atoms with Gasteiger partial charge in [0.1, 0.15) is 22.7 Å². The number of fused-ring (bicyclic) bond motifs is 1. The van der Waals surface area contributed by atoms with Crippen molar-refractivity contribution >= 4 is 34.9 Å². The predicted molar refractivity (Wildman–Crippen MR) is 203 cm³/mol.